The van der Waals surface area contributed by atoms with Gasteiger partial charge in [-0.15, -0.1) is 11.8 Å². The maximum atomic E-state index is 6.11. The molecule has 19 heavy (non-hydrogen) atoms. The predicted molar refractivity (Wildman–Crippen MR) is 83.2 cm³/mol. The van der Waals surface area contributed by atoms with Gasteiger partial charge in [0.15, 0.2) is 0 Å². The van der Waals surface area contributed by atoms with E-state index in [2.05, 4.69) is 31.3 Å². The largest absolute Gasteiger partial charge is 0.379 e. The van der Waals surface area contributed by atoms with E-state index in [0.717, 1.165) is 24.4 Å². The summed E-state index contributed by atoms with van der Waals surface area (Å²) in [4.78, 5) is 1.36. The fourth-order valence-corrected chi connectivity index (χ4v) is 3.51. The second-order valence-corrected chi connectivity index (χ2v) is 7.11. The zero-order chi connectivity index (χ0) is 13.9. The Morgan fingerprint density at radius 3 is 3.00 bits per heavy atom. The number of ether oxygens (including phenoxy) is 1. The minimum Gasteiger partial charge on any atom is -0.379 e. The van der Waals surface area contributed by atoms with Crippen LogP contribution < -0.4 is 5.32 Å². The van der Waals surface area contributed by atoms with Crippen molar-refractivity contribution in [2.75, 3.05) is 19.4 Å². The van der Waals surface area contributed by atoms with Crippen LogP contribution in [-0.2, 0) is 4.74 Å². The number of benzene rings is 1. The first-order chi connectivity index (χ1) is 9.02. The molecule has 0 radical (unpaired) electrons. The molecule has 1 unspecified atom stereocenters. The first-order valence-electron chi connectivity index (χ1n) is 6.72. The summed E-state index contributed by atoms with van der Waals surface area (Å²) in [6.07, 6.45) is 2.16. The van der Waals surface area contributed by atoms with Crippen LogP contribution in [0.1, 0.15) is 38.3 Å². The molecule has 2 rings (SSSR count). The second-order valence-electron chi connectivity index (χ2n) is 5.54. The van der Waals surface area contributed by atoms with Gasteiger partial charge in [-0.05, 0) is 62.7 Å². The van der Waals surface area contributed by atoms with Crippen LogP contribution in [0.4, 0.5) is 0 Å². The molecule has 0 aromatic heterocycles. The molecule has 0 saturated heterocycles. The minimum atomic E-state index is -0.0619. The van der Waals surface area contributed by atoms with Crippen molar-refractivity contribution in [1.82, 2.24) is 5.32 Å². The molecule has 0 bridgehead atoms. The molecule has 1 aromatic carbocycles. The monoisotopic (exact) mass is 299 g/mol. The molecule has 1 aliphatic rings. The lowest BCUT2D eigenvalue weighted by Gasteiger charge is -2.28. The molecule has 0 spiro atoms. The Morgan fingerprint density at radius 1 is 1.47 bits per heavy atom. The summed E-state index contributed by atoms with van der Waals surface area (Å²) < 4.78 is 5.45. The van der Waals surface area contributed by atoms with Crippen LogP contribution in [-0.4, -0.2) is 25.0 Å². The van der Waals surface area contributed by atoms with Gasteiger partial charge in [-0.25, -0.2) is 0 Å². The highest BCUT2D eigenvalue weighted by molar-refractivity contribution is 7.99. The van der Waals surface area contributed by atoms with Crippen LogP contribution in [0.15, 0.2) is 23.1 Å². The van der Waals surface area contributed by atoms with Gasteiger partial charge in [-0.3, -0.25) is 0 Å². The van der Waals surface area contributed by atoms with Crippen LogP contribution in [0, 0.1) is 0 Å². The zero-order valence-corrected chi connectivity index (χ0v) is 13.4. The van der Waals surface area contributed by atoms with Gasteiger partial charge in [0.25, 0.3) is 0 Å². The lowest BCUT2D eigenvalue weighted by atomic mass is 10.0. The maximum Gasteiger partial charge on any atom is 0.0634 e. The zero-order valence-electron chi connectivity index (χ0n) is 11.8. The molecule has 0 aliphatic carbocycles. The Morgan fingerprint density at radius 2 is 2.26 bits per heavy atom. The lowest BCUT2D eigenvalue weighted by Crippen LogP contribution is -2.32. The molecular weight excluding hydrogens is 278 g/mol. The number of hydrogen-bond acceptors (Lipinski definition) is 3. The van der Waals surface area contributed by atoms with Gasteiger partial charge < -0.3 is 10.1 Å². The van der Waals surface area contributed by atoms with E-state index in [-0.39, 0.29) is 5.60 Å². The summed E-state index contributed by atoms with van der Waals surface area (Å²) in [5.74, 6) is 1.17. The fraction of sp³-hybridized carbons (Fsp3) is 0.600. The number of halogens is 1. The van der Waals surface area contributed by atoms with Gasteiger partial charge in [0.1, 0.15) is 0 Å². The van der Waals surface area contributed by atoms with E-state index in [1.165, 1.54) is 16.2 Å². The number of methoxy groups -OCH3 is 1. The summed E-state index contributed by atoms with van der Waals surface area (Å²) in [5.41, 5.74) is 1.28. The lowest BCUT2D eigenvalue weighted by molar-refractivity contribution is 0.0153. The van der Waals surface area contributed by atoms with Crippen LogP contribution in [0.2, 0.25) is 5.02 Å². The first-order valence-corrected chi connectivity index (χ1v) is 8.09. The number of hydrogen-bond donors (Lipinski definition) is 1. The van der Waals surface area contributed by atoms with Crippen molar-refractivity contribution in [3.05, 3.63) is 28.8 Å². The topological polar surface area (TPSA) is 21.3 Å². The molecule has 0 fully saturated rings. The molecule has 1 aromatic rings. The normalized spacial score (nSPS) is 19.3. The van der Waals surface area contributed by atoms with Crippen molar-refractivity contribution in [2.24, 2.45) is 0 Å². The van der Waals surface area contributed by atoms with Crippen molar-refractivity contribution in [2.45, 2.75) is 43.2 Å². The molecule has 0 saturated carbocycles. The predicted octanol–water partition coefficient (Wildman–Crippen LogP) is 4.28. The standard InChI is InChI=1S/C15H22ClNOS/c1-15(2,18-3)7-8-17-13-6-9-19-14-5-4-11(16)10-12(13)14/h4-5,10,13,17H,6-9H2,1-3H3. The van der Waals surface area contributed by atoms with E-state index in [4.69, 9.17) is 16.3 Å². The number of nitrogens with one attached hydrogen (secondary N) is 1. The molecule has 2 nitrogen and oxygen atoms in total. The first kappa shape index (κ1) is 15.2. The highest BCUT2D eigenvalue weighted by Crippen LogP contribution is 2.37. The van der Waals surface area contributed by atoms with Crippen molar-refractivity contribution >= 4 is 23.4 Å². The third kappa shape index (κ3) is 4.12. The molecule has 0 amide bonds. The number of fused-ring (bicyclic) bond motifs is 1. The minimum absolute atomic E-state index is 0.0619. The van der Waals surface area contributed by atoms with Gasteiger partial charge in [-0.2, -0.15) is 0 Å². The van der Waals surface area contributed by atoms with E-state index in [0.29, 0.717) is 6.04 Å². The molecule has 1 N–H and O–H groups in total. The maximum absolute atomic E-state index is 6.11. The van der Waals surface area contributed by atoms with Crippen LogP contribution >= 0.6 is 23.4 Å². The number of thioether (sulfide) groups is 1. The molecular formula is C15H22ClNOS. The second kappa shape index (κ2) is 6.49. The molecule has 106 valence electrons. The van der Waals surface area contributed by atoms with Gasteiger partial charge in [0, 0.05) is 23.1 Å². The molecule has 1 atom stereocenters. The Hall–Kier alpha value is -0.220. The van der Waals surface area contributed by atoms with Gasteiger partial charge in [0.05, 0.1) is 5.60 Å². The molecule has 1 heterocycles. The summed E-state index contributed by atoms with van der Waals surface area (Å²) in [6, 6.07) is 6.63. The smallest absolute Gasteiger partial charge is 0.0634 e. The van der Waals surface area contributed by atoms with E-state index in [9.17, 15) is 0 Å². The summed E-state index contributed by atoms with van der Waals surface area (Å²) in [5, 5.41) is 4.47. The summed E-state index contributed by atoms with van der Waals surface area (Å²) >= 11 is 8.04. The van der Waals surface area contributed by atoms with Gasteiger partial charge in [-0.1, -0.05) is 11.6 Å². The molecule has 1 aliphatic heterocycles. The average Bonchev–Trinajstić information content (AvgIpc) is 2.39. The van der Waals surface area contributed by atoms with E-state index in [1.54, 1.807) is 7.11 Å². The highest BCUT2D eigenvalue weighted by Gasteiger charge is 2.22. The van der Waals surface area contributed by atoms with Crippen LogP contribution in [0.25, 0.3) is 0 Å². The van der Waals surface area contributed by atoms with Crippen molar-refractivity contribution in [3.8, 4) is 0 Å². The van der Waals surface area contributed by atoms with Gasteiger partial charge >= 0.3 is 0 Å². The quantitative estimate of drug-likeness (QED) is 0.877. The summed E-state index contributed by atoms with van der Waals surface area (Å²) in [6.45, 7) is 5.20. The fourth-order valence-electron chi connectivity index (χ4n) is 2.23. The Bertz CT molecular complexity index is 436. The molecule has 4 heteroatoms. The van der Waals surface area contributed by atoms with Crippen molar-refractivity contribution in [1.29, 1.82) is 0 Å². The Labute approximate surface area is 125 Å². The number of rotatable bonds is 5. The van der Waals surface area contributed by atoms with Crippen molar-refractivity contribution in [3.63, 3.8) is 0 Å². The third-order valence-corrected chi connectivity index (χ3v) is 5.04. The Balaban J connectivity index is 1.98. The van der Waals surface area contributed by atoms with Gasteiger partial charge in [0.2, 0.25) is 0 Å². The summed E-state index contributed by atoms with van der Waals surface area (Å²) in [7, 11) is 1.77. The van der Waals surface area contributed by atoms with E-state index >= 15 is 0 Å². The highest BCUT2D eigenvalue weighted by atomic mass is 35.5. The van der Waals surface area contributed by atoms with E-state index < -0.39 is 0 Å². The third-order valence-electron chi connectivity index (χ3n) is 3.68. The van der Waals surface area contributed by atoms with E-state index in [1.807, 2.05) is 17.8 Å². The van der Waals surface area contributed by atoms with Crippen molar-refractivity contribution < 1.29 is 4.74 Å². The van der Waals surface area contributed by atoms with Crippen LogP contribution in [0.3, 0.4) is 0 Å². The average molecular weight is 300 g/mol. The Kier molecular flexibility index (Phi) is 5.18. The SMILES string of the molecule is COC(C)(C)CCNC1CCSc2ccc(Cl)cc21. The van der Waals surface area contributed by atoms with Crippen LogP contribution in [0.5, 0.6) is 0 Å².